The summed E-state index contributed by atoms with van der Waals surface area (Å²) in [7, 11) is 1.79. The molecule has 0 aliphatic rings. The average molecular weight is 448 g/mol. The van der Waals surface area contributed by atoms with Crippen molar-refractivity contribution in [1.29, 1.82) is 0 Å². The topological polar surface area (TPSA) is 87.9 Å². The van der Waals surface area contributed by atoms with Crippen LogP contribution in [-0.2, 0) is 17.6 Å². The molecule has 1 amide bonds. The highest BCUT2D eigenvalue weighted by molar-refractivity contribution is 5.76. The minimum atomic E-state index is -0.318. The average Bonchev–Trinajstić information content (AvgIpc) is 3.50. The number of nitrogens with zero attached hydrogens (tertiary/aromatic N) is 4. The Balaban J connectivity index is 1.22. The molecule has 0 saturated heterocycles. The van der Waals surface area contributed by atoms with Gasteiger partial charge in [0.25, 0.3) is 0 Å². The molecule has 0 aliphatic heterocycles. The van der Waals surface area contributed by atoms with Crippen LogP contribution in [0.1, 0.15) is 30.0 Å². The SMILES string of the molecule is Cc1ccc(-c2noc(CCC(=O)N(C)CCCc3cc(-c4ccccc4)n[nH]3)n2)cc1F. The van der Waals surface area contributed by atoms with E-state index in [9.17, 15) is 9.18 Å². The van der Waals surface area contributed by atoms with Crippen molar-refractivity contribution >= 4 is 5.91 Å². The number of aryl methyl sites for hydroxylation is 3. The van der Waals surface area contributed by atoms with Crippen molar-refractivity contribution in [3.8, 4) is 22.6 Å². The lowest BCUT2D eigenvalue weighted by Gasteiger charge is -2.16. The fourth-order valence-corrected chi connectivity index (χ4v) is 3.49. The van der Waals surface area contributed by atoms with Crippen LogP contribution in [0.15, 0.2) is 59.1 Å². The van der Waals surface area contributed by atoms with Gasteiger partial charge in [-0.2, -0.15) is 10.1 Å². The second kappa shape index (κ2) is 10.2. The first-order valence-corrected chi connectivity index (χ1v) is 10.9. The molecule has 170 valence electrons. The Morgan fingerprint density at radius 2 is 1.91 bits per heavy atom. The highest BCUT2D eigenvalue weighted by Gasteiger charge is 2.14. The molecular weight excluding hydrogens is 421 g/mol. The molecule has 4 rings (SSSR count). The molecule has 7 nitrogen and oxygen atoms in total. The van der Waals surface area contributed by atoms with Gasteiger partial charge in [0.05, 0.1) is 5.69 Å². The molecule has 0 saturated carbocycles. The Labute approximate surface area is 191 Å². The Morgan fingerprint density at radius 3 is 2.70 bits per heavy atom. The number of aromatic amines is 1. The van der Waals surface area contributed by atoms with Gasteiger partial charge in [0.1, 0.15) is 5.82 Å². The van der Waals surface area contributed by atoms with Gasteiger partial charge in [-0.15, -0.1) is 0 Å². The van der Waals surface area contributed by atoms with Gasteiger partial charge in [0, 0.05) is 43.3 Å². The van der Waals surface area contributed by atoms with Crippen molar-refractivity contribution in [2.75, 3.05) is 13.6 Å². The van der Waals surface area contributed by atoms with Crippen LogP contribution in [0.25, 0.3) is 22.6 Å². The summed E-state index contributed by atoms with van der Waals surface area (Å²) < 4.78 is 19.0. The normalized spacial score (nSPS) is 11.0. The van der Waals surface area contributed by atoms with Crippen LogP contribution in [0, 0.1) is 12.7 Å². The molecule has 0 radical (unpaired) electrons. The summed E-state index contributed by atoms with van der Waals surface area (Å²) in [5, 5.41) is 11.3. The Hall–Kier alpha value is -3.81. The third-order valence-corrected chi connectivity index (χ3v) is 5.52. The van der Waals surface area contributed by atoms with Gasteiger partial charge >= 0.3 is 0 Å². The lowest BCUT2D eigenvalue weighted by atomic mass is 10.1. The highest BCUT2D eigenvalue weighted by Crippen LogP contribution is 2.20. The zero-order valence-electron chi connectivity index (χ0n) is 18.7. The van der Waals surface area contributed by atoms with Crippen molar-refractivity contribution < 1.29 is 13.7 Å². The molecule has 33 heavy (non-hydrogen) atoms. The van der Waals surface area contributed by atoms with E-state index < -0.39 is 0 Å². The number of aromatic nitrogens is 4. The van der Waals surface area contributed by atoms with Gasteiger partial charge in [-0.25, -0.2) is 4.39 Å². The van der Waals surface area contributed by atoms with Crippen molar-refractivity contribution in [3.63, 3.8) is 0 Å². The van der Waals surface area contributed by atoms with Crippen molar-refractivity contribution in [3.05, 3.63) is 77.6 Å². The summed E-state index contributed by atoms with van der Waals surface area (Å²) in [6.45, 7) is 2.33. The van der Waals surface area contributed by atoms with Crippen LogP contribution in [0.3, 0.4) is 0 Å². The summed E-state index contributed by atoms with van der Waals surface area (Å²) in [5.74, 6) is 0.366. The molecular formula is C25H26FN5O2. The molecule has 0 fully saturated rings. The van der Waals surface area contributed by atoms with E-state index in [-0.39, 0.29) is 18.1 Å². The van der Waals surface area contributed by atoms with Gasteiger partial charge in [-0.1, -0.05) is 47.6 Å². The number of carbonyl (C=O) groups is 1. The fraction of sp³-hybridized carbons (Fsp3) is 0.280. The quantitative estimate of drug-likeness (QED) is 0.405. The van der Waals surface area contributed by atoms with E-state index >= 15 is 0 Å². The minimum Gasteiger partial charge on any atom is -0.346 e. The summed E-state index contributed by atoms with van der Waals surface area (Å²) in [4.78, 5) is 18.5. The Bertz CT molecular complexity index is 1220. The number of hydrogen-bond acceptors (Lipinski definition) is 5. The maximum atomic E-state index is 13.8. The highest BCUT2D eigenvalue weighted by atomic mass is 19.1. The zero-order valence-corrected chi connectivity index (χ0v) is 18.7. The molecule has 0 spiro atoms. The molecule has 2 aromatic carbocycles. The smallest absolute Gasteiger partial charge is 0.227 e. The Kier molecular flexibility index (Phi) is 6.92. The summed E-state index contributed by atoms with van der Waals surface area (Å²) in [5.41, 5.74) is 4.14. The zero-order chi connectivity index (χ0) is 23.2. The van der Waals surface area contributed by atoms with Gasteiger partial charge < -0.3 is 9.42 Å². The largest absolute Gasteiger partial charge is 0.346 e. The first kappa shape index (κ1) is 22.4. The van der Waals surface area contributed by atoms with E-state index in [0.717, 1.165) is 29.8 Å². The maximum absolute atomic E-state index is 13.8. The monoisotopic (exact) mass is 447 g/mol. The minimum absolute atomic E-state index is 0.00529. The predicted molar refractivity (Wildman–Crippen MR) is 123 cm³/mol. The summed E-state index contributed by atoms with van der Waals surface area (Å²) in [6, 6.07) is 16.8. The number of hydrogen-bond donors (Lipinski definition) is 1. The van der Waals surface area contributed by atoms with Crippen LogP contribution in [0.2, 0.25) is 0 Å². The van der Waals surface area contributed by atoms with Crippen LogP contribution in [-0.4, -0.2) is 44.7 Å². The Morgan fingerprint density at radius 1 is 1.09 bits per heavy atom. The lowest BCUT2D eigenvalue weighted by molar-refractivity contribution is -0.130. The third-order valence-electron chi connectivity index (χ3n) is 5.52. The lowest BCUT2D eigenvalue weighted by Crippen LogP contribution is -2.28. The first-order valence-electron chi connectivity index (χ1n) is 10.9. The van der Waals surface area contributed by atoms with Crippen LogP contribution >= 0.6 is 0 Å². The van der Waals surface area contributed by atoms with Crippen molar-refractivity contribution in [2.24, 2.45) is 0 Å². The van der Waals surface area contributed by atoms with Gasteiger partial charge in [-0.3, -0.25) is 9.89 Å². The molecule has 0 unspecified atom stereocenters. The van der Waals surface area contributed by atoms with Gasteiger partial charge in [-0.05, 0) is 37.5 Å². The number of carbonyl (C=O) groups excluding carboxylic acids is 1. The number of H-pyrrole nitrogens is 1. The molecule has 2 aromatic heterocycles. The van der Waals surface area contributed by atoms with Crippen LogP contribution in [0.4, 0.5) is 4.39 Å². The number of benzene rings is 2. The molecule has 2 heterocycles. The summed E-state index contributed by atoms with van der Waals surface area (Å²) >= 11 is 0. The van der Waals surface area contributed by atoms with E-state index in [0.29, 0.717) is 35.8 Å². The molecule has 1 N–H and O–H groups in total. The molecule has 0 atom stereocenters. The molecule has 4 aromatic rings. The molecule has 0 aliphatic carbocycles. The predicted octanol–water partition coefficient (Wildman–Crippen LogP) is 4.60. The van der Waals surface area contributed by atoms with E-state index in [1.165, 1.54) is 6.07 Å². The van der Waals surface area contributed by atoms with Gasteiger partial charge in [0.15, 0.2) is 0 Å². The van der Waals surface area contributed by atoms with E-state index in [2.05, 4.69) is 20.3 Å². The second-order valence-corrected chi connectivity index (χ2v) is 8.04. The number of halogens is 1. The number of rotatable bonds is 9. The fourth-order valence-electron chi connectivity index (χ4n) is 3.49. The van der Waals surface area contributed by atoms with Crippen molar-refractivity contribution in [2.45, 2.75) is 32.6 Å². The summed E-state index contributed by atoms with van der Waals surface area (Å²) in [6.07, 6.45) is 2.23. The molecule has 0 bridgehead atoms. The first-order chi connectivity index (χ1) is 16.0. The van der Waals surface area contributed by atoms with Gasteiger partial charge in [0.2, 0.25) is 17.6 Å². The van der Waals surface area contributed by atoms with E-state index in [1.807, 2.05) is 36.4 Å². The van der Waals surface area contributed by atoms with E-state index in [1.54, 1.807) is 31.0 Å². The van der Waals surface area contributed by atoms with Crippen LogP contribution < -0.4 is 0 Å². The maximum Gasteiger partial charge on any atom is 0.227 e. The molecule has 8 heteroatoms. The van der Waals surface area contributed by atoms with Crippen LogP contribution in [0.5, 0.6) is 0 Å². The number of amides is 1. The second-order valence-electron chi connectivity index (χ2n) is 8.04. The van der Waals surface area contributed by atoms with Crippen molar-refractivity contribution in [1.82, 2.24) is 25.2 Å². The standard InChI is InChI=1S/C25H26FN5O2/c1-17-10-11-19(15-21(17)26)25-27-23(33-30-25)12-13-24(32)31(2)14-6-9-20-16-22(29-28-20)18-7-4-3-5-8-18/h3-5,7-8,10-11,15-16H,6,9,12-14H2,1-2H3,(H,28,29). The van der Waals surface area contributed by atoms with E-state index in [4.69, 9.17) is 4.52 Å². The third kappa shape index (κ3) is 5.71. The number of nitrogens with one attached hydrogen (secondary N) is 1.